The van der Waals surface area contributed by atoms with Crippen molar-refractivity contribution in [2.45, 2.75) is 40.3 Å². The monoisotopic (exact) mass is 279 g/mol. The largest absolute Gasteiger partial charge is 0.377 e. The first kappa shape index (κ1) is 16.9. The molecule has 1 rings (SSSR count). The maximum atomic E-state index is 5.57. The maximum Gasteiger partial charge on any atom is 0.128 e. The van der Waals surface area contributed by atoms with Crippen LogP contribution >= 0.6 is 0 Å². The Kier molecular flexibility index (Phi) is 7.55. The number of nitrogens with zero attached hydrogens (tertiary/aromatic N) is 2. The number of ether oxygens (including phenoxy) is 1. The molecule has 0 aliphatic carbocycles. The molecule has 4 heteroatoms. The SMILES string of the molecule is CC(C)CNCc1cccc(N(C)CCOC(C)C)n1. The summed E-state index contributed by atoms with van der Waals surface area (Å²) in [7, 11) is 2.05. The third-order valence-corrected chi connectivity index (χ3v) is 2.92. The Morgan fingerprint density at radius 1 is 1.25 bits per heavy atom. The molecule has 0 spiro atoms. The molecule has 1 heterocycles. The summed E-state index contributed by atoms with van der Waals surface area (Å²) in [6.45, 7) is 11.9. The number of likely N-dealkylation sites (N-methyl/N-ethyl adjacent to an activating group) is 1. The van der Waals surface area contributed by atoms with Crippen LogP contribution in [0.4, 0.5) is 5.82 Å². The van der Waals surface area contributed by atoms with Crippen LogP contribution in [0.1, 0.15) is 33.4 Å². The van der Waals surface area contributed by atoms with E-state index in [9.17, 15) is 0 Å². The number of rotatable bonds is 9. The van der Waals surface area contributed by atoms with Gasteiger partial charge in [-0.15, -0.1) is 0 Å². The number of hydrogen-bond acceptors (Lipinski definition) is 4. The number of anilines is 1. The summed E-state index contributed by atoms with van der Waals surface area (Å²) in [4.78, 5) is 6.81. The average Bonchev–Trinajstić information content (AvgIpc) is 2.38. The van der Waals surface area contributed by atoms with Crippen LogP contribution in [0.15, 0.2) is 18.2 Å². The minimum Gasteiger partial charge on any atom is -0.377 e. The fourth-order valence-electron chi connectivity index (χ4n) is 1.81. The van der Waals surface area contributed by atoms with Gasteiger partial charge in [0.25, 0.3) is 0 Å². The van der Waals surface area contributed by atoms with Gasteiger partial charge in [0.15, 0.2) is 0 Å². The molecule has 1 aromatic rings. The Morgan fingerprint density at radius 2 is 2.00 bits per heavy atom. The molecule has 4 nitrogen and oxygen atoms in total. The standard InChI is InChI=1S/C16H29N3O/c1-13(2)11-17-12-15-7-6-8-16(18-15)19(5)9-10-20-14(3)4/h6-8,13-14,17H,9-12H2,1-5H3. The van der Waals surface area contributed by atoms with Crippen molar-refractivity contribution >= 4 is 5.82 Å². The van der Waals surface area contributed by atoms with Gasteiger partial charge in [-0.1, -0.05) is 19.9 Å². The number of nitrogens with one attached hydrogen (secondary N) is 1. The van der Waals surface area contributed by atoms with E-state index in [-0.39, 0.29) is 6.10 Å². The fraction of sp³-hybridized carbons (Fsp3) is 0.688. The second kappa shape index (κ2) is 8.93. The van der Waals surface area contributed by atoms with E-state index in [1.165, 1.54) is 0 Å². The van der Waals surface area contributed by atoms with Crippen molar-refractivity contribution in [1.29, 1.82) is 0 Å². The molecule has 0 atom stereocenters. The van der Waals surface area contributed by atoms with Crippen LogP contribution < -0.4 is 10.2 Å². The lowest BCUT2D eigenvalue weighted by Crippen LogP contribution is -2.25. The lowest BCUT2D eigenvalue weighted by atomic mass is 10.2. The molecule has 20 heavy (non-hydrogen) atoms. The summed E-state index contributed by atoms with van der Waals surface area (Å²) in [5, 5.41) is 3.42. The van der Waals surface area contributed by atoms with Gasteiger partial charge < -0.3 is 15.0 Å². The summed E-state index contributed by atoms with van der Waals surface area (Å²) in [6, 6.07) is 6.17. The van der Waals surface area contributed by atoms with Crippen LogP contribution in [-0.4, -0.2) is 37.8 Å². The second-order valence-electron chi connectivity index (χ2n) is 5.85. The van der Waals surface area contributed by atoms with Gasteiger partial charge in [-0.05, 0) is 38.4 Å². The van der Waals surface area contributed by atoms with Crippen molar-refractivity contribution in [3.8, 4) is 0 Å². The van der Waals surface area contributed by atoms with E-state index in [2.05, 4.69) is 62.1 Å². The maximum absolute atomic E-state index is 5.57. The van der Waals surface area contributed by atoms with E-state index >= 15 is 0 Å². The third-order valence-electron chi connectivity index (χ3n) is 2.92. The van der Waals surface area contributed by atoms with Gasteiger partial charge in [0, 0.05) is 20.1 Å². The molecule has 0 radical (unpaired) electrons. The lowest BCUT2D eigenvalue weighted by Gasteiger charge is -2.19. The minimum atomic E-state index is 0.280. The summed E-state index contributed by atoms with van der Waals surface area (Å²) in [5.74, 6) is 1.66. The first-order valence-electron chi connectivity index (χ1n) is 7.48. The Balaban J connectivity index is 2.45. The predicted octanol–water partition coefficient (Wildman–Crippen LogP) is 2.69. The van der Waals surface area contributed by atoms with Crippen LogP contribution in [0.3, 0.4) is 0 Å². The number of aromatic nitrogens is 1. The molecule has 0 amide bonds. The van der Waals surface area contributed by atoms with Gasteiger partial charge in [0.1, 0.15) is 5.82 Å². The van der Waals surface area contributed by atoms with Crippen LogP contribution in [0.2, 0.25) is 0 Å². The van der Waals surface area contributed by atoms with E-state index in [0.717, 1.165) is 37.8 Å². The van der Waals surface area contributed by atoms with Crippen LogP contribution in [0.5, 0.6) is 0 Å². The normalized spacial score (nSPS) is 11.3. The molecule has 1 N–H and O–H groups in total. The van der Waals surface area contributed by atoms with Gasteiger partial charge >= 0.3 is 0 Å². The Hall–Kier alpha value is -1.13. The lowest BCUT2D eigenvalue weighted by molar-refractivity contribution is 0.0845. The fourth-order valence-corrected chi connectivity index (χ4v) is 1.81. The van der Waals surface area contributed by atoms with Gasteiger partial charge in [-0.25, -0.2) is 4.98 Å². The Morgan fingerprint density at radius 3 is 2.65 bits per heavy atom. The Bertz CT molecular complexity index is 380. The zero-order valence-electron chi connectivity index (χ0n) is 13.5. The van der Waals surface area contributed by atoms with Crippen molar-refractivity contribution < 1.29 is 4.74 Å². The summed E-state index contributed by atoms with van der Waals surface area (Å²) in [6.07, 6.45) is 0.280. The molecular weight excluding hydrogens is 250 g/mol. The third kappa shape index (κ3) is 6.87. The number of hydrogen-bond donors (Lipinski definition) is 1. The highest BCUT2D eigenvalue weighted by molar-refractivity contribution is 5.38. The summed E-state index contributed by atoms with van der Waals surface area (Å²) in [5.41, 5.74) is 1.08. The molecule has 0 fully saturated rings. The topological polar surface area (TPSA) is 37.4 Å². The van der Waals surface area contributed by atoms with Gasteiger partial charge in [-0.2, -0.15) is 0 Å². The zero-order chi connectivity index (χ0) is 15.0. The van der Waals surface area contributed by atoms with Crippen molar-refractivity contribution in [1.82, 2.24) is 10.3 Å². The van der Waals surface area contributed by atoms with Crippen molar-refractivity contribution in [2.75, 3.05) is 31.6 Å². The van der Waals surface area contributed by atoms with Gasteiger partial charge in [-0.3, -0.25) is 0 Å². The van der Waals surface area contributed by atoms with Crippen molar-refractivity contribution in [3.63, 3.8) is 0 Å². The molecule has 0 saturated heterocycles. The molecule has 114 valence electrons. The Labute approximate surface area is 123 Å². The van der Waals surface area contributed by atoms with Crippen LogP contribution in [-0.2, 0) is 11.3 Å². The highest BCUT2D eigenvalue weighted by Gasteiger charge is 2.04. The molecule has 0 unspecified atom stereocenters. The van der Waals surface area contributed by atoms with Gasteiger partial charge in [0.05, 0.1) is 18.4 Å². The van der Waals surface area contributed by atoms with E-state index in [1.807, 2.05) is 6.07 Å². The van der Waals surface area contributed by atoms with E-state index < -0.39 is 0 Å². The van der Waals surface area contributed by atoms with Gasteiger partial charge in [0.2, 0.25) is 0 Å². The first-order chi connectivity index (χ1) is 9.49. The zero-order valence-corrected chi connectivity index (χ0v) is 13.5. The smallest absolute Gasteiger partial charge is 0.128 e. The van der Waals surface area contributed by atoms with E-state index in [1.54, 1.807) is 0 Å². The molecule has 0 aromatic carbocycles. The van der Waals surface area contributed by atoms with Crippen LogP contribution in [0, 0.1) is 5.92 Å². The highest BCUT2D eigenvalue weighted by Crippen LogP contribution is 2.09. The van der Waals surface area contributed by atoms with Crippen LogP contribution in [0.25, 0.3) is 0 Å². The average molecular weight is 279 g/mol. The minimum absolute atomic E-state index is 0.280. The molecule has 0 bridgehead atoms. The van der Waals surface area contributed by atoms with E-state index in [0.29, 0.717) is 5.92 Å². The molecule has 1 aromatic heterocycles. The van der Waals surface area contributed by atoms with Crippen molar-refractivity contribution in [2.24, 2.45) is 5.92 Å². The molecule has 0 aliphatic rings. The summed E-state index contributed by atoms with van der Waals surface area (Å²) < 4.78 is 5.57. The summed E-state index contributed by atoms with van der Waals surface area (Å²) >= 11 is 0. The molecular formula is C16H29N3O. The molecule has 0 aliphatic heterocycles. The van der Waals surface area contributed by atoms with Crippen molar-refractivity contribution in [3.05, 3.63) is 23.9 Å². The van der Waals surface area contributed by atoms with E-state index in [4.69, 9.17) is 4.74 Å². The first-order valence-corrected chi connectivity index (χ1v) is 7.48. The highest BCUT2D eigenvalue weighted by atomic mass is 16.5. The predicted molar refractivity (Wildman–Crippen MR) is 85.1 cm³/mol. The molecule has 0 saturated carbocycles. The second-order valence-corrected chi connectivity index (χ2v) is 5.85. The number of pyridine rings is 1. The quantitative estimate of drug-likeness (QED) is 0.754.